The molecule has 0 spiro atoms. The summed E-state index contributed by atoms with van der Waals surface area (Å²) in [5.74, 6) is -0.686. The maximum absolute atomic E-state index is 12.8. The number of carbonyl (C=O) groups excluding carboxylic acids is 2. The standard InChI is InChI=1S/C18H26N2O4S/c1-13(14-8-6-5-7-9-14)19-16(21)18(2,3)17(22)20(4)15-10-11-25(23,24)12-15/h5-9,13,15H,10-12H2,1-4H3,(H,19,21). The van der Waals surface area contributed by atoms with Gasteiger partial charge < -0.3 is 10.2 Å². The minimum absolute atomic E-state index is 0.0344. The van der Waals surface area contributed by atoms with E-state index in [1.807, 2.05) is 37.3 Å². The van der Waals surface area contributed by atoms with Gasteiger partial charge in [0.1, 0.15) is 5.41 Å². The van der Waals surface area contributed by atoms with E-state index in [-0.39, 0.29) is 35.4 Å². The molecule has 7 heteroatoms. The van der Waals surface area contributed by atoms with Crippen LogP contribution in [0.1, 0.15) is 38.8 Å². The number of amides is 2. The molecule has 1 heterocycles. The molecule has 1 aromatic carbocycles. The van der Waals surface area contributed by atoms with Gasteiger partial charge in [-0.05, 0) is 32.8 Å². The zero-order valence-electron chi connectivity index (χ0n) is 15.2. The predicted molar refractivity (Wildman–Crippen MR) is 96.6 cm³/mol. The van der Waals surface area contributed by atoms with E-state index in [4.69, 9.17) is 0 Å². The van der Waals surface area contributed by atoms with Crippen molar-refractivity contribution in [1.82, 2.24) is 10.2 Å². The number of nitrogens with zero attached hydrogens (tertiary/aromatic N) is 1. The molecular weight excluding hydrogens is 340 g/mol. The molecule has 0 aliphatic carbocycles. The van der Waals surface area contributed by atoms with E-state index in [0.29, 0.717) is 6.42 Å². The third kappa shape index (κ3) is 4.39. The van der Waals surface area contributed by atoms with E-state index in [9.17, 15) is 18.0 Å². The summed E-state index contributed by atoms with van der Waals surface area (Å²) in [6, 6.07) is 8.92. The number of rotatable bonds is 5. The van der Waals surface area contributed by atoms with E-state index in [1.54, 1.807) is 20.9 Å². The van der Waals surface area contributed by atoms with Crippen LogP contribution in [-0.4, -0.2) is 49.7 Å². The van der Waals surface area contributed by atoms with Gasteiger partial charge in [-0.3, -0.25) is 9.59 Å². The Kier molecular flexibility index (Phi) is 5.56. The molecule has 1 saturated heterocycles. The van der Waals surface area contributed by atoms with Crippen LogP contribution in [0.3, 0.4) is 0 Å². The predicted octanol–water partition coefficient (Wildman–Crippen LogP) is 1.54. The normalized spacial score (nSPS) is 20.7. The first-order valence-electron chi connectivity index (χ1n) is 8.38. The van der Waals surface area contributed by atoms with Gasteiger partial charge in [0.05, 0.1) is 17.5 Å². The van der Waals surface area contributed by atoms with Crippen LogP contribution in [-0.2, 0) is 19.4 Å². The molecule has 1 aromatic rings. The van der Waals surface area contributed by atoms with Crippen molar-refractivity contribution in [2.24, 2.45) is 5.41 Å². The second-order valence-corrected chi connectivity index (χ2v) is 9.43. The molecule has 2 atom stereocenters. The highest BCUT2D eigenvalue weighted by atomic mass is 32.2. The highest BCUT2D eigenvalue weighted by Crippen LogP contribution is 2.25. The van der Waals surface area contributed by atoms with Gasteiger partial charge in [0.25, 0.3) is 0 Å². The molecule has 0 bridgehead atoms. The lowest BCUT2D eigenvalue weighted by molar-refractivity contribution is -0.149. The molecule has 0 saturated carbocycles. The smallest absolute Gasteiger partial charge is 0.237 e. The van der Waals surface area contributed by atoms with Crippen molar-refractivity contribution < 1.29 is 18.0 Å². The fraction of sp³-hybridized carbons (Fsp3) is 0.556. The Balaban J connectivity index is 2.06. The maximum Gasteiger partial charge on any atom is 0.237 e. The molecule has 0 aromatic heterocycles. The van der Waals surface area contributed by atoms with Crippen LogP contribution < -0.4 is 5.32 Å². The minimum Gasteiger partial charge on any atom is -0.349 e. The molecular formula is C18H26N2O4S. The van der Waals surface area contributed by atoms with Gasteiger partial charge in [-0.25, -0.2) is 8.42 Å². The van der Waals surface area contributed by atoms with E-state index >= 15 is 0 Å². The number of sulfone groups is 1. The average Bonchev–Trinajstić information content (AvgIpc) is 2.94. The summed E-state index contributed by atoms with van der Waals surface area (Å²) in [6.07, 6.45) is 0.419. The number of nitrogens with one attached hydrogen (secondary N) is 1. The van der Waals surface area contributed by atoms with Crippen LogP contribution in [0, 0.1) is 5.41 Å². The fourth-order valence-electron chi connectivity index (χ4n) is 2.99. The van der Waals surface area contributed by atoms with Gasteiger partial charge in [0.2, 0.25) is 11.8 Å². The first kappa shape index (κ1) is 19.4. The lowest BCUT2D eigenvalue weighted by Crippen LogP contribution is -2.51. The first-order chi connectivity index (χ1) is 11.5. The molecule has 2 unspecified atom stereocenters. The maximum atomic E-state index is 12.8. The van der Waals surface area contributed by atoms with E-state index in [0.717, 1.165) is 5.56 Å². The Hall–Kier alpha value is -1.89. The van der Waals surface area contributed by atoms with Crippen molar-refractivity contribution in [3.63, 3.8) is 0 Å². The van der Waals surface area contributed by atoms with Crippen molar-refractivity contribution in [3.8, 4) is 0 Å². The Labute approximate surface area is 149 Å². The molecule has 1 aliphatic rings. The van der Waals surface area contributed by atoms with Gasteiger partial charge in [-0.15, -0.1) is 0 Å². The Morgan fingerprint density at radius 2 is 1.84 bits per heavy atom. The Morgan fingerprint density at radius 3 is 2.36 bits per heavy atom. The van der Waals surface area contributed by atoms with E-state index in [1.165, 1.54) is 4.90 Å². The third-order valence-corrected chi connectivity index (χ3v) is 6.58. The highest BCUT2D eigenvalue weighted by Gasteiger charge is 2.42. The van der Waals surface area contributed by atoms with Gasteiger partial charge >= 0.3 is 0 Å². The summed E-state index contributed by atoms with van der Waals surface area (Å²) >= 11 is 0. The van der Waals surface area contributed by atoms with Crippen LogP contribution in [0.15, 0.2) is 30.3 Å². The van der Waals surface area contributed by atoms with Crippen molar-refractivity contribution in [3.05, 3.63) is 35.9 Å². The number of benzene rings is 1. The molecule has 1 aliphatic heterocycles. The second kappa shape index (κ2) is 7.15. The summed E-state index contributed by atoms with van der Waals surface area (Å²) in [7, 11) is -1.52. The van der Waals surface area contributed by atoms with Gasteiger partial charge in [-0.1, -0.05) is 30.3 Å². The van der Waals surface area contributed by atoms with Crippen molar-refractivity contribution >= 4 is 21.7 Å². The van der Waals surface area contributed by atoms with Gasteiger partial charge in [0.15, 0.2) is 9.84 Å². The third-order valence-electron chi connectivity index (χ3n) is 4.83. The van der Waals surface area contributed by atoms with Gasteiger partial charge in [0, 0.05) is 13.1 Å². The van der Waals surface area contributed by atoms with Crippen LogP contribution in [0.4, 0.5) is 0 Å². The van der Waals surface area contributed by atoms with Crippen molar-refractivity contribution in [2.45, 2.75) is 39.3 Å². The van der Waals surface area contributed by atoms with Gasteiger partial charge in [-0.2, -0.15) is 0 Å². The average molecular weight is 366 g/mol. The number of carbonyl (C=O) groups is 2. The first-order valence-corrected chi connectivity index (χ1v) is 10.2. The Bertz CT molecular complexity index is 744. The van der Waals surface area contributed by atoms with Crippen LogP contribution in [0.5, 0.6) is 0 Å². The SMILES string of the molecule is CC(NC(=O)C(C)(C)C(=O)N(C)C1CCS(=O)(=O)C1)c1ccccc1. The molecule has 0 radical (unpaired) electrons. The monoisotopic (exact) mass is 366 g/mol. The zero-order valence-corrected chi connectivity index (χ0v) is 16.0. The summed E-state index contributed by atoms with van der Waals surface area (Å²) in [5, 5.41) is 2.87. The molecule has 2 rings (SSSR count). The topological polar surface area (TPSA) is 83.6 Å². The van der Waals surface area contributed by atoms with E-state index < -0.39 is 15.3 Å². The molecule has 6 nitrogen and oxygen atoms in total. The Morgan fingerprint density at radius 1 is 1.24 bits per heavy atom. The van der Waals surface area contributed by atoms with E-state index in [2.05, 4.69) is 5.32 Å². The number of hydrogen-bond acceptors (Lipinski definition) is 4. The summed E-state index contributed by atoms with van der Waals surface area (Å²) < 4.78 is 23.3. The number of hydrogen-bond donors (Lipinski definition) is 1. The summed E-state index contributed by atoms with van der Waals surface area (Å²) in [4.78, 5) is 26.9. The zero-order chi connectivity index (χ0) is 18.8. The summed E-state index contributed by atoms with van der Waals surface area (Å²) in [6.45, 7) is 5.01. The van der Waals surface area contributed by atoms with Crippen LogP contribution in [0.2, 0.25) is 0 Å². The molecule has 1 fully saturated rings. The molecule has 2 amide bonds. The summed E-state index contributed by atoms with van der Waals surface area (Å²) in [5.41, 5.74) is -0.321. The molecule has 138 valence electrons. The lowest BCUT2D eigenvalue weighted by atomic mass is 9.89. The fourth-order valence-corrected chi connectivity index (χ4v) is 4.76. The van der Waals surface area contributed by atoms with Crippen LogP contribution >= 0.6 is 0 Å². The quantitative estimate of drug-likeness (QED) is 0.801. The highest BCUT2D eigenvalue weighted by molar-refractivity contribution is 7.91. The second-order valence-electron chi connectivity index (χ2n) is 7.20. The van der Waals surface area contributed by atoms with Crippen molar-refractivity contribution in [2.75, 3.05) is 18.6 Å². The molecule has 1 N–H and O–H groups in total. The molecule has 25 heavy (non-hydrogen) atoms. The van der Waals surface area contributed by atoms with Crippen molar-refractivity contribution in [1.29, 1.82) is 0 Å². The lowest BCUT2D eigenvalue weighted by Gasteiger charge is -2.32. The minimum atomic E-state index is -3.09. The van der Waals surface area contributed by atoms with Crippen LogP contribution in [0.25, 0.3) is 0 Å². The largest absolute Gasteiger partial charge is 0.349 e.